The van der Waals surface area contributed by atoms with E-state index in [9.17, 15) is 4.79 Å². The number of anilines is 1. The zero-order valence-electron chi connectivity index (χ0n) is 9.84. The van der Waals surface area contributed by atoms with Gasteiger partial charge < -0.3 is 14.8 Å². The molecule has 94 valence electrons. The molecule has 0 amide bonds. The van der Waals surface area contributed by atoms with E-state index < -0.39 is 5.97 Å². The quantitative estimate of drug-likeness (QED) is 0.810. The fourth-order valence-corrected chi connectivity index (χ4v) is 2.04. The van der Waals surface area contributed by atoms with Crippen LogP contribution in [-0.4, -0.2) is 17.3 Å². The van der Waals surface area contributed by atoms with Crippen molar-refractivity contribution in [1.29, 1.82) is 0 Å². The van der Waals surface area contributed by atoms with Crippen LogP contribution in [-0.2, 0) is 6.54 Å². The van der Waals surface area contributed by atoms with Gasteiger partial charge in [0.05, 0.1) is 12.8 Å². The van der Waals surface area contributed by atoms with E-state index in [0.717, 1.165) is 10.6 Å². The average Bonchev–Trinajstić information content (AvgIpc) is 2.85. The lowest BCUT2D eigenvalue weighted by Crippen LogP contribution is -2.04. The maximum Gasteiger partial charge on any atom is 0.339 e. The van der Waals surface area contributed by atoms with Crippen LogP contribution in [0.3, 0.4) is 0 Å². The molecule has 1 aromatic carbocycles. The van der Waals surface area contributed by atoms with Crippen LogP contribution < -0.4 is 5.32 Å². The molecule has 0 fully saturated rings. The molecule has 18 heavy (non-hydrogen) atoms. The molecule has 1 heterocycles. The molecule has 0 saturated heterocycles. The Labute approximate surface area is 109 Å². The van der Waals surface area contributed by atoms with E-state index in [0.29, 0.717) is 12.3 Å². The summed E-state index contributed by atoms with van der Waals surface area (Å²) >= 11 is 1.66. The number of aromatic carboxylic acids is 1. The molecule has 0 unspecified atom stereocenters. The van der Waals surface area contributed by atoms with Gasteiger partial charge in [-0.15, -0.1) is 11.8 Å². The fourth-order valence-electron chi connectivity index (χ4n) is 1.58. The normalized spacial score (nSPS) is 10.3. The number of carbonyl (C=O) groups is 1. The second-order valence-electron chi connectivity index (χ2n) is 3.65. The molecule has 2 rings (SSSR count). The summed E-state index contributed by atoms with van der Waals surface area (Å²) < 4.78 is 5.16. The number of nitrogens with one attached hydrogen (secondary N) is 1. The fraction of sp³-hybridized carbons (Fsp3) is 0.154. The third-order valence-electron chi connectivity index (χ3n) is 2.50. The molecular weight excluding hydrogens is 250 g/mol. The minimum atomic E-state index is -0.974. The molecule has 0 radical (unpaired) electrons. The van der Waals surface area contributed by atoms with Gasteiger partial charge in [-0.2, -0.15) is 0 Å². The summed E-state index contributed by atoms with van der Waals surface area (Å²) in [7, 11) is 0. The van der Waals surface area contributed by atoms with Gasteiger partial charge in [0.15, 0.2) is 0 Å². The first-order chi connectivity index (χ1) is 8.70. The second kappa shape index (κ2) is 5.64. The number of carboxylic acid groups (broad SMARTS) is 1. The number of hydrogen-bond donors (Lipinski definition) is 2. The lowest BCUT2D eigenvalue weighted by molar-refractivity contribution is 0.0694. The lowest BCUT2D eigenvalue weighted by Gasteiger charge is -2.06. The van der Waals surface area contributed by atoms with Crippen molar-refractivity contribution in [3.63, 3.8) is 0 Å². The topological polar surface area (TPSA) is 62.5 Å². The third-order valence-corrected chi connectivity index (χ3v) is 3.22. The molecule has 0 aliphatic carbocycles. The van der Waals surface area contributed by atoms with Crippen LogP contribution in [0.4, 0.5) is 5.69 Å². The van der Waals surface area contributed by atoms with E-state index in [2.05, 4.69) is 5.32 Å². The monoisotopic (exact) mass is 263 g/mol. The average molecular weight is 263 g/mol. The predicted molar refractivity (Wildman–Crippen MR) is 71.2 cm³/mol. The molecule has 0 spiro atoms. The van der Waals surface area contributed by atoms with Crippen molar-refractivity contribution >= 4 is 23.4 Å². The molecule has 5 heteroatoms. The van der Waals surface area contributed by atoms with Gasteiger partial charge in [0.25, 0.3) is 0 Å². The molecule has 2 aromatic rings. The smallest absolute Gasteiger partial charge is 0.339 e. The van der Waals surface area contributed by atoms with Gasteiger partial charge in [0, 0.05) is 10.6 Å². The summed E-state index contributed by atoms with van der Waals surface area (Å²) in [5.74, 6) is -0.546. The van der Waals surface area contributed by atoms with Crippen LogP contribution in [0.15, 0.2) is 45.9 Å². The Morgan fingerprint density at radius 3 is 3.00 bits per heavy atom. The van der Waals surface area contributed by atoms with E-state index >= 15 is 0 Å². The van der Waals surface area contributed by atoms with E-state index in [-0.39, 0.29) is 5.56 Å². The molecule has 0 aliphatic rings. The number of carboxylic acids is 1. The summed E-state index contributed by atoms with van der Waals surface area (Å²) in [5, 5.41) is 12.1. The van der Waals surface area contributed by atoms with Crippen molar-refractivity contribution in [3.8, 4) is 0 Å². The van der Waals surface area contributed by atoms with Gasteiger partial charge in [-0.1, -0.05) is 6.07 Å². The summed E-state index contributed by atoms with van der Waals surface area (Å²) in [6.45, 7) is 0.354. The van der Waals surface area contributed by atoms with Crippen LogP contribution in [0.2, 0.25) is 0 Å². The molecule has 0 aliphatic heterocycles. The highest BCUT2D eigenvalue weighted by molar-refractivity contribution is 7.98. The number of hydrogen-bond acceptors (Lipinski definition) is 4. The van der Waals surface area contributed by atoms with Crippen molar-refractivity contribution in [1.82, 2.24) is 0 Å². The first-order valence-electron chi connectivity index (χ1n) is 5.38. The van der Waals surface area contributed by atoms with Gasteiger partial charge in [-0.25, -0.2) is 4.79 Å². The molecule has 4 nitrogen and oxygen atoms in total. The first kappa shape index (κ1) is 12.6. The van der Waals surface area contributed by atoms with Crippen molar-refractivity contribution in [3.05, 3.63) is 47.9 Å². The van der Waals surface area contributed by atoms with E-state index in [4.69, 9.17) is 9.52 Å². The standard InChI is InChI=1S/C13H13NO3S/c1-18-10-4-2-3-9(7-10)14-8-12-11(13(15)16)5-6-17-12/h2-7,14H,8H2,1H3,(H,15,16). The molecule has 0 bridgehead atoms. The van der Waals surface area contributed by atoms with Crippen molar-refractivity contribution in [2.45, 2.75) is 11.4 Å². The number of rotatable bonds is 5. The van der Waals surface area contributed by atoms with E-state index in [1.807, 2.05) is 30.5 Å². The molecule has 0 saturated carbocycles. The maximum absolute atomic E-state index is 10.9. The predicted octanol–water partition coefficient (Wildman–Crippen LogP) is 3.31. The number of furan rings is 1. The van der Waals surface area contributed by atoms with Crippen molar-refractivity contribution in [2.75, 3.05) is 11.6 Å². The Bertz CT molecular complexity index is 551. The Balaban J connectivity index is 2.06. The summed E-state index contributed by atoms with van der Waals surface area (Å²) in [5.41, 5.74) is 1.14. The zero-order valence-corrected chi connectivity index (χ0v) is 10.7. The molecule has 2 N–H and O–H groups in total. The first-order valence-corrected chi connectivity index (χ1v) is 6.61. The third kappa shape index (κ3) is 2.87. The Morgan fingerprint density at radius 1 is 1.44 bits per heavy atom. The minimum Gasteiger partial charge on any atom is -0.478 e. The van der Waals surface area contributed by atoms with Crippen LogP contribution in [0, 0.1) is 0 Å². The van der Waals surface area contributed by atoms with Crippen LogP contribution in [0.1, 0.15) is 16.1 Å². The largest absolute Gasteiger partial charge is 0.478 e. The van der Waals surface area contributed by atoms with Gasteiger partial charge in [0.1, 0.15) is 11.3 Å². The van der Waals surface area contributed by atoms with Gasteiger partial charge >= 0.3 is 5.97 Å². The van der Waals surface area contributed by atoms with Gasteiger partial charge in [-0.3, -0.25) is 0 Å². The second-order valence-corrected chi connectivity index (χ2v) is 4.53. The van der Waals surface area contributed by atoms with Crippen LogP contribution in [0.5, 0.6) is 0 Å². The minimum absolute atomic E-state index is 0.198. The Kier molecular flexibility index (Phi) is 3.94. The van der Waals surface area contributed by atoms with Crippen molar-refractivity contribution < 1.29 is 14.3 Å². The van der Waals surface area contributed by atoms with E-state index in [1.54, 1.807) is 11.8 Å². The molecular formula is C13H13NO3S. The number of thioether (sulfide) groups is 1. The van der Waals surface area contributed by atoms with Crippen LogP contribution >= 0.6 is 11.8 Å². The molecule has 0 atom stereocenters. The van der Waals surface area contributed by atoms with E-state index in [1.165, 1.54) is 12.3 Å². The van der Waals surface area contributed by atoms with Crippen molar-refractivity contribution in [2.24, 2.45) is 0 Å². The highest BCUT2D eigenvalue weighted by atomic mass is 32.2. The molecule has 1 aromatic heterocycles. The van der Waals surface area contributed by atoms with Crippen LogP contribution in [0.25, 0.3) is 0 Å². The highest BCUT2D eigenvalue weighted by Gasteiger charge is 2.12. The van der Waals surface area contributed by atoms with Gasteiger partial charge in [0.2, 0.25) is 0 Å². The summed E-state index contributed by atoms with van der Waals surface area (Å²) in [6, 6.07) is 9.37. The Morgan fingerprint density at radius 2 is 2.28 bits per heavy atom. The highest BCUT2D eigenvalue weighted by Crippen LogP contribution is 2.20. The maximum atomic E-state index is 10.9. The summed E-state index contributed by atoms with van der Waals surface area (Å²) in [6.07, 6.45) is 3.40. The zero-order chi connectivity index (χ0) is 13.0. The number of benzene rings is 1. The summed E-state index contributed by atoms with van der Waals surface area (Å²) in [4.78, 5) is 12.1. The SMILES string of the molecule is CSc1cccc(NCc2occc2C(=O)O)c1. The Hall–Kier alpha value is -1.88. The lowest BCUT2D eigenvalue weighted by atomic mass is 10.2. The van der Waals surface area contributed by atoms with Gasteiger partial charge in [-0.05, 0) is 30.5 Å².